The van der Waals surface area contributed by atoms with Crippen LogP contribution in [0.3, 0.4) is 0 Å². The van der Waals surface area contributed by atoms with Crippen LogP contribution in [0.1, 0.15) is 34.6 Å². The molecule has 1 amide bonds. The first-order valence-corrected chi connectivity index (χ1v) is 12.5. The van der Waals surface area contributed by atoms with Crippen LogP contribution in [0.5, 0.6) is 5.88 Å². The van der Waals surface area contributed by atoms with Crippen LogP contribution in [0.4, 0.5) is 42.8 Å². The van der Waals surface area contributed by atoms with Crippen LogP contribution in [0.25, 0.3) is 0 Å². The van der Waals surface area contributed by atoms with Gasteiger partial charge >= 0.3 is 12.4 Å². The van der Waals surface area contributed by atoms with E-state index in [0.29, 0.717) is 43.2 Å². The lowest BCUT2D eigenvalue weighted by Gasteiger charge is -2.17. The van der Waals surface area contributed by atoms with Gasteiger partial charge in [0, 0.05) is 25.1 Å². The second-order valence-electron chi connectivity index (χ2n) is 8.85. The highest BCUT2D eigenvalue weighted by molar-refractivity contribution is 7.10. The number of aryl methyl sites for hydroxylation is 1. The number of rotatable bonds is 9. The van der Waals surface area contributed by atoms with Crippen molar-refractivity contribution in [3.05, 3.63) is 47.7 Å². The van der Waals surface area contributed by atoms with Gasteiger partial charge in [0.2, 0.25) is 5.88 Å². The fourth-order valence-corrected chi connectivity index (χ4v) is 4.65. The highest BCUT2D eigenvalue weighted by atomic mass is 32.1. The number of carbonyl (C=O) groups excluding carboxylic acids is 1. The summed E-state index contributed by atoms with van der Waals surface area (Å²) < 4.78 is 85.2. The molecule has 0 radical (unpaired) electrons. The lowest BCUT2D eigenvalue weighted by Crippen LogP contribution is -2.27. The molecule has 0 spiro atoms. The molecular formula is C23H23F6N7O2S. The summed E-state index contributed by atoms with van der Waals surface area (Å²) >= 11 is 0.938. The third kappa shape index (κ3) is 7.98. The van der Waals surface area contributed by atoms with Gasteiger partial charge in [0.05, 0.1) is 48.6 Å². The van der Waals surface area contributed by atoms with E-state index in [4.69, 9.17) is 4.74 Å². The largest absolute Gasteiger partial charge is 0.477 e. The minimum Gasteiger partial charge on any atom is -0.477 e. The summed E-state index contributed by atoms with van der Waals surface area (Å²) in [5.74, 6) is -0.120. The van der Waals surface area contributed by atoms with E-state index >= 15 is 0 Å². The first-order chi connectivity index (χ1) is 18.4. The van der Waals surface area contributed by atoms with Crippen LogP contribution >= 0.6 is 11.5 Å². The molecule has 210 valence electrons. The van der Waals surface area contributed by atoms with E-state index in [2.05, 4.69) is 30.0 Å². The van der Waals surface area contributed by atoms with Crippen LogP contribution in [0, 0.1) is 12.8 Å². The number of aromatic nitrogens is 4. The van der Waals surface area contributed by atoms with Crippen LogP contribution < -0.4 is 15.4 Å². The molecular weight excluding hydrogens is 552 g/mol. The Labute approximate surface area is 222 Å². The lowest BCUT2D eigenvalue weighted by atomic mass is 10.1. The molecule has 0 aliphatic carbocycles. The van der Waals surface area contributed by atoms with Crippen LogP contribution in [-0.4, -0.2) is 62.6 Å². The van der Waals surface area contributed by atoms with Gasteiger partial charge in [-0.3, -0.25) is 4.79 Å². The molecule has 39 heavy (non-hydrogen) atoms. The van der Waals surface area contributed by atoms with Crippen molar-refractivity contribution < 1.29 is 35.9 Å². The van der Waals surface area contributed by atoms with Crippen molar-refractivity contribution in [2.45, 2.75) is 32.1 Å². The van der Waals surface area contributed by atoms with Gasteiger partial charge in [0.15, 0.2) is 5.69 Å². The van der Waals surface area contributed by atoms with Crippen molar-refractivity contribution in [3.8, 4) is 5.88 Å². The van der Waals surface area contributed by atoms with Gasteiger partial charge in [-0.05, 0) is 37.5 Å². The maximum Gasteiger partial charge on any atom is 0.434 e. The molecule has 4 heterocycles. The molecule has 1 saturated heterocycles. The molecule has 1 fully saturated rings. The van der Waals surface area contributed by atoms with Crippen molar-refractivity contribution in [2.75, 3.05) is 36.9 Å². The minimum atomic E-state index is -4.62. The summed E-state index contributed by atoms with van der Waals surface area (Å²) in [5.41, 5.74) is -0.207. The number of alkyl halides is 6. The van der Waals surface area contributed by atoms with Gasteiger partial charge in [-0.25, -0.2) is 15.0 Å². The molecule has 16 heteroatoms. The zero-order valence-corrected chi connectivity index (χ0v) is 21.3. The summed E-state index contributed by atoms with van der Waals surface area (Å²) in [6.45, 7) is 3.00. The fraction of sp³-hybridized carbons (Fsp3) is 0.435. The van der Waals surface area contributed by atoms with Gasteiger partial charge in [0.25, 0.3) is 5.91 Å². The van der Waals surface area contributed by atoms with Crippen molar-refractivity contribution in [1.29, 1.82) is 0 Å². The van der Waals surface area contributed by atoms with E-state index in [1.165, 1.54) is 6.20 Å². The Balaban J connectivity index is 1.30. The van der Waals surface area contributed by atoms with Gasteiger partial charge in [-0.2, -0.15) is 30.7 Å². The average molecular weight is 576 g/mol. The fourth-order valence-electron chi connectivity index (χ4n) is 3.85. The molecule has 9 nitrogen and oxygen atoms in total. The van der Waals surface area contributed by atoms with E-state index in [0.717, 1.165) is 24.2 Å². The smallest absolute Gasteiger partial charge is 0.434 e. The molecule has 1 aliphatic heterocycles. The Morgan fingerprint density at radius 3 is 2.56 bits per heavy atom. The second kappa shape index (κ2) is 11.7. The third-order valence-corrected chi connectivity index (χ3v) is 6.67. The molecule has 3 aromatic rings. The topological polar surface area (TPSA) is 105 Å². The first-order valence-electron chi connectivity index (χ1n) is 11.7. The summed E-state index contributed by atoms with van der Waals surface area (Å²) in [5, 5.41) is 5.72. The van der Waals surface area contributed by atoms with Crippen molar-refractivity contribution >= 4 is 33.9 Å². The average Bonchev–Trinajstić information content (AvgIpc) is 3.48. The highest BCUT2D eigenvalue weighted by Crippen LogP contribution is 2.30. The summed E-state index contributed by atoms with van der Waals surface area (Å²) in [7, 11) is 0. The van der Waals surface area contributed by atoms with Gasteiger partial charge in [-0.1, -0.05) is 0 Å². The van der Waals surface area contributed by atoms with E-state index in [1.807, 2.05) is 0 Å². The number of amides is 1. The van der Waals surface area contributed by atoms with Crippen LogP contribution in [-0.2, 0) is 6.18 Å². The molecule has 4 rings (SSSR count). The Bertz CT molecular complexity index is 1270. The van der Waals surface area contributed by atoms with E-state index in [1.54, 1.807) is 24.0 Å². The molecule has 0 unspecified atom stereocenters. The molecule has 0 bridgehead atoms. The van der Waals surface area contributed by atoms with E-state index < -0.39 is 30.4 Å². The molecule has 2 N–H and O–H groups in total. The number of hydrogen-bond acceptors (Lipinski definition) is 9. The molecule has 1 aliphatic rings. The maximum atomic E-state index is 12.9. The molecule has 3 aromatic heterocycles. The number of hydrogen-bond donors (Lipinski definition) is 2. The first kappa shape index (κ1) is 28.5. The van der Waals surface area contributed by atoms with Crippen molar-refractivity contribution in [2.24, 2.45) is 5.92 Å². The number of nitrogens with one attached hydrogen (secondary N) is 2. The summed E-state index contributed by atoms with van der Waals surface area (Å²) in [4.78, 5) is 25.9. The lowest BCUT2D eigenvalue weighted by molar-refractivity contribution is -0.141. The van der Waals surface area contributed by atoms with Gasteiger partial charge in [-0.15, -0.1) is 0 Å². The molecule has 0 saturated carbocycles. The number of ether oxygens (including phenoxy) is 1. The van der Waals surface area contributed by atoms with Crippen LogP contribution in [0.2, 0.25) is 0 Å². The number of anilines is 3. The van der Waals surface area contributed by atoms with E-state index in [9.17, 15) is 31.1 Å². The predicted molar refractivity (Wildman–Crippen MR) is 130 cm³/mol. The monoisotopic (exact) mass is 575 g/mol. The number of likely N-dealkylation sites (tertiary alicyclic amines) is 1. The normalized spacial score (nSPS) is 16.3. The molecule has 1 atom stereocenters. The van der Waals surface area contributed by atoms with Crippen molar-refractivity contribution in [3.63, 3.8) is 0 Å². The van der Waals surface area contributed by atoms with Gasteiger partial charge in [0.1, 0.15) is 10.8 Å². The summed E-state index contributed by atoms with van der Waals surface area (Å²) in [6.07, 6.45) is -6.01. The second-order valence-corrected chi connectivity index (χ2v) is 9.63. The highest BCUT2D eigenvalue weighted by Gasteiger charge is 2.33. The number of halogens is 6. The Kier molecular flexibility index (Phi) is 8.54. The van der Waals surface area contributed by atoms with Gasteiger partial charge < -0.3 is 20.3 Å². The van der Waals surface area contributed by atoms with E-state index in [-0.39, 0.29) is 28.8 Å². The minimum absolute atomic E-state index is 0.00889. The number of carbonyl (C=O) groups is 1. The Morgan fingerprint density at radius 1 is 1.13 bits per heavy atom. The number of nitrogens with zero attached hydrogens (tertiary/aromatic N) is 5. The quantitative estimate of drug-likeness (QED) is 0.331. The maximum absolute atomic E-state index is 12.9. The molecule has 0 aromatic carbocycles. The standard InChI is InChI=1S/C23H23F6N7O2S/c1-13-19(21(39-35-13)34-17-10-30-16(9-31-17)23(27,28)29)20(37)33-15-2-3-18(32-8-15)38-12-14-4-6-36(11-14)7-5-22(24,25)26/h2-3,8-10,14H,4-7,11-12H2,1H3,(H,31,34)(H,33,37)/t14-/m1/s1. The van der Waals surface area contributed by atoms with Crippen molar-refractivity contribution in [1.82, 2.24) is 24.2 Å². The Morgan fingerprint density at radius 2 is 1.92 bits per heavy atom. The zero-order chi connectivity index (χ0) is 28.2. The predicted octanol–water partition coefficient (Wildman–Crippen LogP) is 5.30. The Hall–Kier alpha value is -3.53. The summed E-state index contributed by atoms with van der Waals surface area (Å²) in [6, 6.07) is 3.13. The third-order valence-electron chi connectivity index (χ3n) is 5.82. The van der Waals surface area contributed by atoms with Crippen LogP contribution in [0.15, 0.2) is 30.7 Å². The number of pyridine rings is 1. The SMILES string of the molecule is Cc1nsc(Nc2cnc(C(F)(F)F)cn2)c1C(=O)Nc1ccc(OC[C@@H]2CCN(CCC(F)(F)F)C2)nc1. The zero-order valence-electron chi connectivity index (χ0n) is 20.4.